The smallest absolute Gasteiger partial charge is 0.354 e. The number of nitrogens with one attached hydrogen (secondary N) is 3. The summed E-state index contributed by atoms with van der Waals surface area (Å²) in [6, 6.07) is 6.58. The molecule has 1 aromatic carbocycles. The second-order valence-corrected chi connectivity index (χ2v) is 5.01. The molecule has 0 radical (unpaired) electrons. The van der Waals surface area contributed by atoms with Crippen LogP contribution >= 0.6 is 12.2 Å². The number of anilines is 1. The van der Waals surface area contributed by atoms with E-state index in [2.05, 4.69) is 30.0 Å². The SMILES string of the molecule is COC(=O)/C=C(/Nc1ccccc1-c1n[nH]c(=S)[nH]c1=O)C(=O)OC. The Hall–Kier alpha value is -3.27. The molecule has 2 rings (SSSR count). The highest BCUT2D eigenvalue weighted by atomic mass is 32.1. The van der Waals surface area contributed by atoms with Crippen molar-refractivity contribution in [2.24, 2.45) is 0 Å². The van der Waals surface area contributed by atoms with Gasteiger partial charge in [0.25, 0.3) is 5.56 Å². The van der Waals surface area contributed by atoms with E-state index in [1.165, 1.54) is 14.2 Å². The number of hydrogen-bond donors (Lipinski definition) is 3. The number of carbonyl (C=O) groups is 2. The highest BCUT2D eigenvalue weighted by Gasteiger charge is 2.16. The average Bonchev–Trinajstić information content (AvgIpc) is 2.61. The first-order chi connectivity index (χ1) is 12.0. The van der Waals surface area contributed by atoms with Gasteiger partial charge in [0.1, 0.15) is 5.70 Å². The van der Waals surface area contributed by atoms with Crippen molar-refractivity contribution in [3.8, 4) is 11.3 Å². The number of rotatable bonds is 5. The monoisotopic (exact) mass is 362 g/mol. The summed E-state index contributed by atoms with van der Waals surface area (Å²) in [4.78, 5) is 37.8. The Bertz CT molecular complexity index is 947. The molecule has 130 valence electrons. The molecular formula is C15H14N4O5S. The van der Waals surface area contributed by atoms with Crippen molar-refractivity contribution in [3.63, 3.8) is 0 Å². The van der Waals surface area contributed by atoms with Gasteiger partial charge in [0, 0.05) is 11.3 Å². The summed E-state index contributed by atoms with van der Waals surface area (Å²) >= 11 is 4.81. The minimum atomic E-state index is -0.783. The summed E-state index contributed by atoms with van der Waals surface area (Å²) in [5, 5.41) is 9.17. The van der Waals surface area contributed by atoms with Gasteiger partial charge in [0.15, 0.2) is 10.5 Å². The first kappa shape index (κ1) is 18.1. The second kappa shape index (κ2) is 8.02. The van der Waals surface area contributed by atoms with Gasteiger partial charge in [0.05, 0.1) is 20.3 Å². The summed E-state index contributed by atoms with van der Waals surface area (Å²) in [5.41, 5.74) is 0.122. The third kappa shape index (κ3) is 4.38. The Balaban J connectivity index is 2.51. The molecule has 1 aromatic heterocycles. The number of aromatic amines is 2. The number of ether oxygens (including phenoxy) is 2. The molecular weight excluding hydrogens is 348 g/mol. The van der Waals surface area contributed by atoms with E-state index in [9.17, 15) is 14.4 Å². The van der Waals surface area contributed by atoms with Crippen LogP contribution in [0.25, 0.3) is 11.3 Å². The van der Waals surface area contributed by atoms with E-state index in [0.717, 1.165) is 6.08 Å². The predicted octanol–water partition coefficient (Wildman–Crippen LogP) is 1.14. The van der Waals surface area contributed by atoms with Crippen molar-refractivity contribution in [2.75, 3.05) is 19.5 Å². The van der Waals surface area contributed by atoms with Gasteiger partial charge in [0.2, 0.25) is 0 Å². The number of H-pyrrole nitrogens is 2. The van der Waals surface area contributed by atoms with Gasteiger partial charge in [-0.3, -0.25) is 14.9 Å². The van der Waals surface area contributed by atoms with Gasteiger partial charge < -0.3 is 14.8 Å². The van der Waals surface area contributed by atoms with Crippen LogP contribution in [0.15, 0.2) is 40.8 Å². The number of esters is 2. The van der Waals surface area contributed by atoms with Gasteiger partial charge >= 0.3 is 11.9 Å². The van der Waals surface area contributed by atoms with E-state index >= 15 is 0 Å². The number of hydrogen-bond acceptors (Lipinski definition) is 8. The highest BCUT2D eigenvalue weighted by Crippen LogP contribution is 2.25. The maximum Gasteiger partial charge on any atom is 0.354 e. The molecule has 0 saturated carbocycles. The first-order valence-corrected chi connectivity index (χ1v) is 7.30. The first-order valence-electron chi connectivity index (χ1n) is 6.89. The van der Waals surface area contributed by atoms with E-state index in [4.69, 9.17) is 12.2 Å². The summed E-state index contributed by atoms with van der Waals surface area (Å²) in [7, 11) is 2.35. The Kier molecular flexibility index (Phi) is 5.79. The Morgan fingerprint density at radius 2 is 1.96 bits per heavy atom. The number of aromatic nitrogens is 3. The third-order valence-corrected chi connectivity index (χ3v) is 3.22. The summed E-state index contributed by atoms with van der Waals surface area (Å²) in [6.07, 6.45) is 0.943. The topological polar surface area (TPSA) is 126 Å². The Morgan fingerprint density at radius 1 is 1.24 bits per heavy atom. The van der Waals surface area contributed by atoms with Crippen molar-refractivity contribution in [1.29, 1.82) is 0 Å². The lowest BCUT2D eigenvalue weighted by Gasteiger charge is -2.12. The fourth-order valence-corrected chi connectivity index (χ4v) is 2.05. The lowest BCUT2D eigenvalue weighted by atomic mass is 10.1. The van der Waals surface area contributed by atoms with Crippen molar-refractivity contribution < 1.29 is 19.1 Å². The van der Waals surface area contributed by atoms with Gasteiger partial charge in [-0.1, -0.05) is 18.2 Å². The van der Waals surface area contributed by atoms with Crippen LogP contribution in [0.2, 0.25) is 0 Å². The van der Waals surface area contributed by atoms with Gasteiger partial charge in [-0.05, 0) is 18.3 Å². The molecule has 0 aliphatic heterocycles. The van der Waals surface area contributed by atoms with E-state index in [0.29, 0.717) is 11.3 Å². The zero-order chi connectivity index (χ0) is 18.4. The van der Waals surface area contributed by atoms with Crippen LogP contribution in [-0.4, -0.2) is 41.3 Å². The molecule has 0 saturated heterocycles. The van der Waals surface area contributed by atoms with Crippen molar-refractivity contribution in [1.82, 2.24) is 15.2 Å². The molecule has 0 fully saturated rings. The summed E-state index contributed by atoms with van der Waals surface area (Å²) < 4.78 is 9.23. The van der Waals surface area contributed by atoms with E-state index in [-0.39, 0.29) is 16.2 Å². The largest absolute Gasteiger partial charge is 0.466 e. The molecule has 1 heterocycles. The zero-order valence-electron chi connectivity index (χ0n) is 13.3. The van der Waals surface area contributed by atoms with Crippen LogP contribution in [0, 0.1) is 4.77 Å². The molecule has 0 aliphatic carbocycles. The third-order valence-electron chi connectivity index (χ3n) is 3.03. The maximum absolute atomic E-state index is 12.1. The second-order valence-electron chi connectivity index (χ2n) is 4.60. The average molecular weight is 362 g/mol. The quantitative estimate of drug-likeness (QED) is 0.411. The molecule has 3 N–H and O–H groups in total. The normalized spacial score (nSPS) is 10.9. The van der Waals surface area contributed by atoms with E-state index < -0.39 is 17.5 Å². The van der Waals surface area contributed by atoms with E-state index in [1.54, 1.807) is 24.3 Å². The van der Waals surface area contributed by atoms with E-state index in [1.807, 2.05) is 0 Å². The van der Waals surface area contributed by atoms with Crippen molar-refractivity contribution in [3.05, 3.63) is 51.2 Å². The van der Waals surface area contributed by atoms with Crippen LogP contribution in [-0.2, 0) is 19.1 Å². The number of nitrogens with zero attached hydrogens (tertiary/aromatic N) is 1. The van der Waals surface area contributed by atoms with Crippen LogP contribution < -0.4 is 10.9 Å². The maximum atomic E-state index is 12.1. The molecule has 0 amide bonds. The minimum absolute atomic E-state index is 0.0546. The molecule has 0 aliphatic rings. The summed E-state index contributed by atoms with van der Waals surface area (Å²) in [6.45, 7) is 0. The van der Waals surface area contributed by atoms with Crippen LogP contribution in [0.4, 0.5) is 5.69 Å². The molecule has 9 nitrogen and oxygen atoms in total. The Morgan fingerprint density at radius 3 is 2.60 bits per heavy atom. The molecule has 2 aromatic rings. The zero-order valence-corrected chi connectivity index (χ0v) is 14.1. The lowest BCUT2D eigenvalue weighted by Crippen LogP contribution is -2.17. The summed E-state index contributed by atoms with van der Waals surface area (Å²) in [5.74, 6) is -1.53. The molecule has 10 heteroatoms. The van der Waals surface area contributed by atoms with Crippen molar-refractivity contribution in [2.45, 2.75) is 0 Å². The van der Waals surface area contributed by atoms with Gasteiger partial charge in [-0.15, -0.1) is 0 Å². The fraction of sp³-hybridized carbons (Fsp3) is 0.133. The molecule has 0 bridgehead atoms. The number of para-hydroxylation sites is 1. The van der Waals surface area contributed by atoms with Gasteiger partial charge in [-0.25, -0.2) is 9.59 Å². The van der Waals surface area contributed by atoms with Crippen LogP contribution in [0.1, 0.15) is 0 Å². The minimum Gasteiger partial charge on any atom is -0.466 e. The predicted molar refractivity (Wildman–Crippen MR) is 91.2 cm³/mol. The highest BCUT2D eigenvalue weighted by molar-refractivity contribution is 7.71. The van der Waals surface area contributed by atoms with Crippen LogP contribution in [0.5, 0.6) is 0 Å². The Labute approximate surface area is 146 Å². The molecule has 25 heavy (non-hydrogen) atoms. The number of benzene rings is 1. The number of methoxy groups -OCH3 is 2. The molecule has 0 unspecified atom stereocenters. The van der Waals surface area contributed by atoms with Crippen molar-refractivity contribution >= 4 is 29.8 Å². The number of carbonyl (C=O) groups excluding carboxylic acids is 2. The van der Waals surface area contributed by atoms with Gasteiger partial charge in [-0.2, -0.15) is 5.10 Å². The molecule has 0 spiro atoms. The molecule has 0 atom stereocenters. The van der Waals surface area contributed by atoms with Crippen LogP contribution in [0.3, 0.4) is 0 Å². The standard InChI is InChI=1S/C15H14N4O5S/c1-23-11(20)7-10(14(22)24-2)16-9-6-4-3-5-8(9)12-13(21)17-15(25)19-18-12/h3-7,16H,1-2H3,(H2,17,19,21,25)/b10-7+. The fourth-order valence-electron chi connectivity index (χ4n) is 1.91. The lowest BCUT2D eigenvalue weighted by molar-refractivity contribution is -0.138.